The zero-order valence-corrected chi connectivity index (χ0v) is 25.2. The SMILES string of the molecule is CCC1N(Cc2ccc(CN(Cc3ncc[nH]3)Cc3nccn3C)cc2)[C@@H](C(=O)O)CC12CCN(CC(C)C)CC2. The summed E-state index contributed by atoms with van der Waals surface area (Å²) in [7, 11) is 2.02. The molecule has 0 amide bonds. The van der Waals surface area contributed by atoms with Crippen LogP contribution in [0.15, 0.2) is 49.1 Å². The fourth-order valence-electron chi connectivity index (χ4n) is 7.29. The summed E-state index contributed by atoms with van der Waals surface area (Å²) >= 11 is 0. The molecule has 4 heterocycles. The highest BCUT2D eigenvalue weighted by molar-refractivity contribution is 5.74. The lowest BCUT2D eigenvalue weighted by Crippen LogP contribution is -2.48. The van der Waals surface area contributed by atoms with E-state index < -0.39 is 12.0 Å². The zero-order valence-electron chi connectivity index (χ0n) is 25.2. The molecule has 1 spiro atoms. The van der Waals surface area contributed by atoms with Gasteiger partial charge in [-0.25, -0.2) is 9.97 Å². The minimum Gasteiger partial charge on any atom is -0.480 e. The Morgan fingerprint density at radius 2 is 1.83 bits per heavy atom. The van der Waals surface area contributed by atoms with Crippen molar-refractivity contribution in [3.63, 3.8) is 0 Å². The van der Waals surface area contributed by atoms with Crippen molar-refractivity contribution in [3.05, 3.63) is 71.8 Å². The van der Waals surface area contributed by atoms with Crippen LogP contribution >= 0.6 is 0 Å². The van der Waals surface area contributed by atoms with E-state index in [1.807, 2.05) is 25.6 Å². The highest BCUT2D eigenvalue weighted by Crippen LogP contribution is 2.50. The number of carbonyl (C=O) groups is 1. The van der Waals surface area contributed by atoms with E-state index in [9.17, 15) is 9.90 Å². The average Bonchev–Trinajstić information content (AvgIpc) is 3.67. The van der Waals surface area contributed by atoms with Gasteiger partial charge in [-0.15, -0.1) is 0 Å². The molecular formula is C32H47N7O2. The van der Waals surface area contributed by atoms with Gasteiger partial charge in [-0.1, -0.05) is 45.0 Å². The number of hydrogen-bond donors (Lipinski definition) is 2. The Morgan fingerprint density at radius 1 is 1.10 bits per heavy atom. The zero-order chi connectivity index (χ0) is 29.0. The van der Waals surface area contributed by atoms with Crippen molar-refractivity contribution >= 4 is 5.97 Å². The lowest BCUT2D eigenvalue weighted by Gasteiger charge is -2.44. The average molecular weight is 562 g/mol. The number of piperidine rings is 1. The third-order valence-corrected chi connectivity index (χ3v) is 9.26. The Balaban J connectivity index is 1.27. The summed E-state index contributed by atoms with van der Waals surface area (Å²) in [6.07, 6.45) is 11.4. The molecule has 1 unspecified atom stereocenters. The van der Waals surface area contributed by atoms with E-state index in [-0.39, 0.29) is 5.41 Å². The van der Waals surface area contributed by atoms with E-state index >= 15 is 0 Å². The van der Waals surface area contributed by atoms with Crippen LogP contribution in [0.5, 0.6) is 0 Å². The van der Waals surface area contributed by atoms with Gasteiger partial charge in [-0.3, -0.25) is 14.6 Å². The molecule has 9 heteroatoms. The number of nitrogens with zero attached hydrogens (tertiary/aromatic N) is 6. The van der Waals surface area contributed by atoms with Crippen LogP contribution in [0, 0.1) is 11.3 Å². The predicted molar refractivity (Wildman–Crippen MR) is 160 cm³/mol. The summed E-state index contributed by atoms with van der Waals surface area (Å²) in [5, 5.41) is 10.3. The van der Waals surface area contributed by atoms with Crippen molar-refractivity contribution in [2.45, 2.75) is 84.7 Å². The molecule has 3 aromatic rings. The van der Waals surface area contributed by atoms with E-state index in [1.54, 1.807) is 6.20 Å². The fourth-order valence-corrected chi connectivity index (χ4v) is 7.29. The van der Waals surface area contributed by atoms with Crippen molar-refractivity contribution in [3.8, 4) is 0 Å². The molecule has 0 saturated carbocycles. The highest BCUT2D eigenvalue weighted by Gasteiger charge is 2.54. The molecule has 2 N–H and O–H groups in total. The van der Waals surface area contributed by atoms with Crippen molar-refractivity contribution in [2.24, 2.45) is 18.4 Å². The summed E-state index contributed by atoms with van der Waals surface area (Å²) in [6, 6.07) is 8.63. The van der Waals surface area contributed by atoms with Crippen molar-refractivity contribution in [1.29, 1.82) is 0 Å². The molecule has 0 radical (unpaired) electrons. The number of benzene rings is 1. The molecule has 0 bridgehead atoms. The standard InChI is InChI=1S/C32H47N7O2/c1-5-28-32(10-15-37(16-11-32)19-24(2)3)18-27(31(40)41)39(28)21-26-8-6-25(7-9-26)20-38(22-29-33-12-13-34-29)23-30-35-14-17-36(30)4/h6-9,12-14,17,24,27-28H,5,10-11,15-16,18-23H2,1-4H3,(H,33,34)(H,40,41)/t27-,28?/m1/s1. The molecule has 5 rings (SSSR count). The summed E-state index contributed by atoms with van der Waals surface area (Å²) in [6.45, 7) is 12.9. The van der Waals surface area contributed by atoms with Crippen LogP contribution in [0.3, 0.4) is 0 Å². The number of aryl methyl sites for hydroxylation is 1. The number of hydrogen-bond acceptors (Lipinski definition) is 6. The molecular weight excluding hydrogens is 514 g/mol. The third-order valence-electron chi connectivity index (χ3n) is 9.26. The molecule has 0 aliphatic carbocycles. The first-order valence-corrected chi connectivity index (χ1v) is 15.2. The van der Waals surface area contributed by atoms with Gasteiger partial charge in [-0.2, -0.15) is 0 Å². The van der Waals surface area contributed by atoms with Crippen LogP contribution in [0.25, 0.3) is 0 Å². The quantitative estimate of drug-likeness (QED) is 0.336. The number of nitrogens with one attached hydrogen (secondary N) is 1. The number of carboxylic acid groups (broad SMARTS) is 1. The second-order valence-electron chi connectivity index (χ2n) is 12.7. The molecule has 2 saturated heterocycles. The van der Waals surface area contributed by atoms with Gasteiger partial charge in [0.2, 0.25) is 0 Å². The van der Waals surface area contributed by atoms with Gasteiger partial charge in [-0.05, 0) is 61.2 Å². The first-order chi connectivity index (χ1) is 19.8. The molecule has 2 fully saturated rings. The van der Waals surface area contributed by atoms with Gasteiger partial charge in [0.25, 0.3) is 0 Å². The fraction of sp³-hybridized carbons (Fsp3) is 0.594. The minimum atomic E-state index is -0.676. The first kappa shape index (κ1) is 29.5. The van der Waals surface area contributed by atoms with E-state index in [4.69, 9.17) is 0 Å². The Bertz CT molecular complexity index is 1250. The maximum absolute atomic E-state index is 12.5. The maximum atomic E-state index is 12.5. The number of aromatic nitrogens is 4. The predicted octanol–water partition coefficient (Wildman–Crippen LogP) is 4.52. The molecule has 41 heavy (non-hydrogen) atoms. The molecule has 2 aromatic heterocycles. The van der Waals surface area contributed by atoms with Crippen molar-refractivity contribution in [1.82, 2.24) is 34.2 Å². The molecule has 9 nitrogen and oxygen atoms in total. The van der Waals surface area contributed by atoms with E-state index in [2.05, 4.69) is 79.3 Å². The number of aromatic amines is 1. The van der Waals surface area contributed by atoms with Crippen LogP contribution in [0.1, 0.15) is 69.2 Å². The third kappa shape index (κ3) is 6.90. The molecule has 222 valence electrons. The minimum absolute atomic E-state index is 0.0998. The molecule has 2 atom stereocenters. The number of rotatable bonds is 12. The monoisotopic (exact) mass is 561 g/mol. The summed E-state index contributed by atoms with van der Waals surface area (Å²) < 4.78 is 2.05. The number of carboxylic acids is 1. The normalized spacial score (nSPS) is 21.4. The van der Waals surface area contributed by atoms with E-state index in [1.165, 1.54) is 11.1 Å². The number of H-pyrrole nitrogens is 1. The van der Waals surface area contributed by atoms with Crippen molar-refractivity contribution in [2.75, 3.05) is 19.6 Å². The van der Waals surface area contributed by atoms with Crippen LogP contribution < -0.4 is 0 Å². The highest BCUT2D eigenvalue weighted by atomic mass is 16.4. The van der Waals surface area contributed by atoms with Gasteiger partial charge in [0.05, 0.1) is 13.1 Å². The second-order valence-corrected chi connectivity index (χ2v) is 12.7. The molecule has 2 aliphatic rings. The van der Waals surface area contributed by atoms with Gasteiger partial charge < -0.3 is 19.6 Å². The van der Waals surface area contributed by atoms with Crippen LogP contribution in [0.2, 0.25) is 0 Å². The second kappa shape index (κ2) is 12.9. The van der Waals surface area contributed by atoms with Crippen LogP contribution in [-0.2, 0) is 38.0 Å². The van der Waals surface area contributed by atoms with Crippen LogP contribution in [0.4, 0.5) is 0 Å². The number of likely N-dealkylation sites (tertiary alicyclic amines) is 2. The number of aliphatic carboxylic acids is 1. The smallest absolute Gasteiger partial charge is 0.320 e. The topological polar surface area (TPSA) is 93.5 Å². The van der Waals surface area contributed by atoms with Crippen molar-refractivity contribution < 1.29 is 9.90 Å². The van der Waals surface area contributed by atoms with Crippen LogP contribution in [-0.4, -0.2) is 77.0 Å². The molecule has 2 aliphatic heterocycles. The Morgan fingerprint density at radius 3 is 2.41 bits per heavy atom. The van der Waals surface area contributed by atoms with Gasteiger partial charge in [0.1, 0.15) is 17.7 Å². The van der Waals surface area contributed by atoms with E-state index in [0.29, 0.717) is 25.0 Å². The van der Waals surface area contributed by atoms with E-state index in [0.717, 1.165) is 70.1 Å². The first-order valence-electron chi connectivity index (χ1n) is 15.2. The van der Waals surface area contributed by atoms with Gasteiger partial charge in [0, 0.05) is 57.5 Å². The molecule has 1 aromatic carbocycles. The van der Waals surface area contributed by atoms with Gasteiger partial charge >= 0.3 is 5.97 Å². The lowest BCUT2D eigenvalue weighted by molar-refractivity contribution is -0.142. The summed E-state index contributed by atoms with van der Waals surface area (Å²) in [4.78, 5) is 31.9. The maximum Gasteiger partial charge on any atom is 0.320 e. The summed E-state index contributed by atoms with van der Waals surface area (Å²) in [5.41, 5.74) is 2.49. The van der Waals surface area contributed by atoms with Gasteiger partial charge in [0.15, 0.2) is 0 Å². The summed E-state index contributed by atoms with van der Waals surface area (Å²) in [5.74, 6) is 1.92. The lowest BCUT2D eigenvalue weighted by atomic mass is 9.70. The largest absolute Gasteiger partial charge is 0.480 e. The Hall–Kier alpha value is -3.01. The Labute approximate surface area is 244 Å². The number of imidazole rings is 2. The Kier molecular flexibility index (Phi) is 9.26.